The van der Waals surface area contributed by atoms with Crippen LogP contribution in [0.2, 0.25) is 0 Å². The van der Waals surface area contributed by atoms with E-state index < -0.39 is 0 Å². The number of rotatable bonds is 6. The van der Waals surface area contributed by atoms with Gasteiger partial charge in [-0.2, -0.15) is 0 Å². The fourth-order valence-electron chi connectivity index (χ4n) is 2.57. The Bertz CT molecular complexity index is 429. The molecule has 2 rings (SSSR count). The molecular weight excluding hydrogens is 270 g/mol. The summed E-state index contributed by atoms with van der Waals surface area (Å²) in [5.41, 5.74) is 1.11. The molecule has 1 amide bonds. The van der Waals surface area contributed by atoms with E-state index in [9.17, 15) is 4.79 Å². The summed E-state index contributed by atoms with van der Waals surface area (Å²) < 4.78 is -0.285. The SMILES string of the molecule is CC1(C(=O)NC(CCCO)c2ccccc2)CCCS1. The Balaban J connectivity index is 2.06. The average Bonchev–Trinajstić information content (AvgIpc) is 2.92. The molecule has 1 fully saturated rings. The van der Waals surface area contributed by atoms with Crippen LogP contribution >= 0.6 is 11.8 Å². The second-order valence-corrected chi connectivity index (χ2v) is 7.08. The van der Waals surface area contributed by atoms with Crippen LogP contribution in [0.5, 0.6) is 0 Å². The lowest BCUT2D eigenvalue weighted by Gasteiger charge is -2.26. The zero-order valence-corrected chi connectivity index (χ0v) is 12.8. The first-order valence-electron chi connectivity index (χ1n) is 7.26. The number of thioether (sulfide) groups is 1. The van der Waals surface area contributed by atoms with Gasteiger partial charge in [-0.1, -0.05) is 30.3 Å². The van der Waals surface area contributed by atoms with Crippen molar-refractivity contribution in [1.29, 1.82) is 0 Å². The second kappa shape index (κ2) is 7.14. The highest BCUT2D eigenvalue weighted by Crippen LogP contribution is 2.38. The maximum Gasteiger partial charge on any atom is 0.236 e. The topological polar surface area (TPSA) is 49.3 Å². The molecule has 1 aliphatic rings. The first kappa shape index (κ1) is 15.4. The molecule has 1 aromatic rings. The number of carbonyl (C=O) groups excluding carboxylic acids is 1. The second-order valence-electron chi connectivity index (χ2n) is 5.49. The summed E-state index contributed by atoms with van der Waals surface area (Å²) in [6, 6.07) is 10.0. The molecule has 0 aromatic heterocycles. The van der Waals surface area contributed by atoms with Crippen LogP contribution in [0.4, 0.5) is 0 Å². The minimum absolute atomic E-state index is 0.00567. The fourth-order valence-corrected chi connectivity index (χ4v) is 3.79. The van der Waals surface area contributed by atoms with E-state index >= 15 is 0 Å². The molecule has 0 radical (unpaired) electrons. The standard InChI is InChI=1S/C16H23NO2S/c1-16(10-6-12-20-16)15(19)17-14(9-5-11-18)13-7-3-2-4-8-13/h2-4,7-8,14,18H,5-6,9-12H2,1H3,(H,17,19). The van der Waals surface area contributed by atoms with Crippen LogP contribution in [0, 0.1) is 0 Å². The van der Waals surface area contributed by atoms with E-state index in [1.807, 2.05) is 37.3 Å². The van der Waals surface area contributed by atoms with Gasteiger partial charge in [-0.15, -0.1) is 11.8 Å². The van der Waals surface area contributed by atoms with Gasteiger partial charge in [0, 0.05) is 6.61 Å². The smallest absolute Gasteiger partial charge is 0.236 e. The van der Waals surface area contributed by atoms with Gasteiger partial charge in [0.2, 0.25) is 5.91 Å². The molecule has 20 heavy (non-hydrogen) atoms. The molecule has 2 N–H and O–H groups in total. The summed E-state index contributed by atoms with van der Waals surface area (Å²) in [7, 11) is 0. The molecule has 0 saturated carbocycles. The van der Waals surface area contributed by atoms with E-state index in [-0.39, 0.29) is 23.3 Å². The van der Waals surface area contributed by atoms with Crippen LogP contribution in [0.15, 0.2) is 30.3 Å². The quantitative estimate of drug-likeness (QED) is 0.848. The summed E-state index contributed by atoms with van der Waals surface area (Å²) in [6.45, 7) is 2.19. The minimum atomic E-state index is -0.285. The predicted molar refractivity (Wildman–Crippen MR) is 83.7 cm³/mol. The van der Waals surface area contributed by atoms with Crippen LogP contribution in [0.1, 0.15) is 44.2 Å². The maximum atomic E-state index is 12.5. The van der Waals surface area contributed by atoms with Crippen LogP contribution < -0.4 is 5.32 Å². The number of carbonyl (C=O) groups is 1. The van der Waals surface area contributed by atoms with Gasteiger partial charge in [0.25, 0.3) is 0 Å². The molecule has 0 bridgehead atoms. The first-order chi connectivity index (χ1) is 9.65. The molecule has 4 heteroatoms. The van der Waals surface area contributed by atoms with E-state index in [1.54, 1.807) is 11.8 Å². The predicted octanol–water partition coefficient (Wildman–Crippen LogP) is 2.90. The van der Waals surface area contributed by atoms with Gasteiger partial charge in [0.1, 0.15) is 0 Å². The highest BCUT2D eigenvalue weighted by Gasteiger charge is 2.38. The summed E-state index contributed by atoms with van der Waals surface area (Å²) >= 11 is 1.75. The van der Waals surface area contributed by atoms with Gasteiger partial charge in [-0.25, -0.2) is 0 Å². The van der Waals surface area contributed by atoms with Crippen molar-refractivity contribution in [3.8, 4) is 0 Å². The van der Waals surface area contributed by atoms with Gasteiger partial charge in [0.05, 0.1) is 10.8 Å². The molecule has 1 saturated heterocycles. The van der Waals surface area contributed by atoms with Gasteiger partial charge in [-0.3, -0.25) is 4.79 Å². The zero-order valence-electron chi connectivity index (χ0n) is 12.0. The number of benzene rings is 1. The fraction of sp³-hybridized carbons (Fsp3) is 0.562. The Morgan fingerprint density at radius 1 is 1.45 bits per heavy atom. The van der Waals surface area contributed by atoms with Gasteiger partial charge in [-0.05, 0) is 43.9 Å². The van der Waals surface area contributed by atoms with E-state index in [2.05, 4.69) is 5.32 Å². The third kappa shape index (κ3) is 3.76. The van der Waals surface area contributed by atoms with Crippen molar-refractivity contribution in [2.45, 2.75) is 43.4 Å². The van der Waals surface area contributed by atoms with E-state index in [0.717, 1.165) is 30.6 Å². The molecule has 2 unspecified atom stereocenters. The molecular formula is C16H23NO2S. The van der Waals surface area contributed by atoms with Gasteiger partial charge in [0.15, 0.2) is 0 Å². The number of nitrogens with one attached hydrogen (secondary N) is 1. The van der Waals surface area contributed by atoms with Crippen molar-refractivity contribution >= 4 is 17.7 Å². The lowest BCUT2D eigenvalue weighted by Crippen LogP contribution is -2.42. The lowest BCUT2D eigenvalue weighted by molar-refractivity contribution is -0.124. The number of aliphatic hydroxyl groups is 1. The van der Waals surface area contributed by atoms with Crippen LogP contribution in [-0.4, -0.2) is 28.1 Å². The number of amides is 1. The van der Waals surface area contributed by atoms with E-state index in [4.69, 9.17) is 5.11 Å². The van der Waals surface area contributed by atoms with E-state index in [1.165, 1.54) is 0 Å². The molecule has 0 spiro atoms. The maximum absolute atomic E-state index is 12.5. The Hall–Kier alpha value is -1.00. The molecule has 0 aliphatic carbocycles. The number of hydrogen-bond donors (Lipinski definition) is 2. The summed E-state index contributed by atoms with van der Waals surface area (Å²) in [5.74, 6) is 1.20. The van der Waals surface area contributed by atoms with Crippen LogP contribution in [0.3, 0.4) is 0 Å². The Labute approximate surface area is 125 Å². The van der Waals surface area contributed by atoms with Gasteiger partial charge < -0.3 is 10.4 Å². The van der Waals surface area contributed by atoms with Crippen molar-refractivity contribution in [2.24, 2.45) is 0 Å². The van der Waals surface area contributed by atoms with Crippen molar-refractivity contribution in [3.05, 3.63) is 35.9 Å². The monoisotopic (exact) mass is 293 g/mol. The van der Waals surface area contributed by atoms with E-state index in [0.29, 0.717) is 6.42 Å². The molecule has 3 nitrogen and oxygen atoms in total. The Morgan fingerprint density at radius 3 is 2.80 bits per heavy atom. The molecule has 110 valence electrons. The lowest BCUT2D eigenvalue weighted by atomic mass is 9.99. The normalized spacial score (nSPS) is 23.5. The molecule has 1 aromatic carbocycles. The summed E-state index contributed by atoms with van der Waals surface area (Å²) in [6.07, 6.45) is 3.53. The third-order valence-corrected chi connectivity index (χ3v) is 5.38. The highest BCUT2D eigenvalue weighted by molar-refractivity contribution is 8.01. The largest absolute Gasteiger partial charge is 0.396 e. The number of hydrogen-bond acceptors (Lipinski definition) is 3. The minimum Gasteiger partial charge on any atom is -0.396 e. The van der Waals surface area contributed by atoms with Gasteiger partial charge >= 0.3 is 0 Å². The van der Waals surface area contributed by atoms with Crippen molar-refractivity contribution < 1.29 is 9.90 Å². The number of aliphatic hydroxyl groups excluding tert-OH is 1. The Kier molecular flexibility index (Phi) is 5.49. The first-order valence-corrected chi connectivity index (χ1v) is 8.25. The molecule has 1 heterocycles. The molecule has 1 aliphatic heterocycles. The van der Waals surface area contributed by atoms with Crippen molar-refractivity contribution in [3.63, 3.8) is 0 Å². The van der Waals surface area contributed by atoms with Crippen molar-refractivity contribution in [1.82, 2.24) is 5.32 Å². The summed E-state index contributed by atoms with van der Waals surface area (Å²) in [5, 5.41) is 12.2. The van der Waals surface area contributed by atoms with Crippen LogP contribution in [-0.2, 0) is 4.79 Å². The third-order valence-electron chi connectivity index (χ3n) is 3.86. The molecule has 2 atom stereocenters. The summed E-state index contributed by atoms with van der Waals surface area (Å²) in [4.78, 5) is 12.5. The highest BCUT2D eigenvalue weighted by atomic mass is 32.2. The average molecular weight is 293 g/mol. The van der Waals surface area contributed by atoms with Crippen LogP contribution in [0.25, 0.3) is 0 Å². The zero-order chi connectivity index (χ0) is 14.4. The Morgan fingerprint density at radius 2 is 2.20 bits per heavy atom. The van der Waals surface area contributed by atoms with Crippen molar-refractivity contribution in [2.75, 3.05) is 12.4 Å².